The van der Waals surface area contributed by atoms with Gasteiger partial charge in [-0.25, -0.2) is 0 Å². The molecular weight excluding hydrogens is 316 g/mol. The van der Waals surface area contributed by atoms with Crippen LogP contribution in [0.3, 0.4) is 0 Å². The summed E-state index contributed by atoms with van der Waals surface area (Å²) in [4.78, 5) is 40.5. The van der Waals surface area contributed by atoms with Gasteiger partial charge in [-0.05, 0) is 0 Å². The van der Waals surface area contributed by atoms with Gasteiger partial charge in [0.2, 0.25) is 5.78 Å². The Morgan fingerprint density at radius 3 is 1.74 bits per heavy atom. The summed E-state index contributed by atoms with van der Waals surface area (Å²) in [7, 11) is -6.44. The molecule has 0 aromatic rings. The van der Waals surface area contributed by atoms with Crippen LogP contribution in [0.25, 0.3) is 0 Å². The summed E-state index contributed by atoms with van der Waals surface area (Å²) in [6.45, 7) is 0. The predicted molar refractivity (Wildman–Crippen MR) is 51.8 cm³/mol. The average Bonchev–Trinajstić information content (AvgIpc) is 2.01. The molecule has 0 rings (SSSR count). The van der Waals surface area contributed by atoms with E-state index >= 15 is 0 Å². The lowest BCUT2D eigenvalue weighted by molar-refractivity contribution is -0.436. The number of ketones is 1. The molecule has 0 unspecified atom stereocenters. The molecule has 15 N–H and O–H groups in total. The number of hydrogen-bond acceptors (Lipinski definition) is 6. The monoisotopic (exact) mass is 334 g/mol. The second-order valence-electron chi connectivity index (χ2n) is 2.68. The lowest BCUT2D eigenvalue weighted by Gasteiger charge is -2.36. The van der Waals surface area contributed by atoms with Crippen LogP contribution in [0.15, 0.2) is 0 Å². The first-order chi connectivity index (χ1) is 6.50. The summed E-state index contributed by atoms with van der Waals surface area (Å²) in [5.41, 5.74) is -2.35. The van der Waals surface area contributed by atoms with Crippen LogP contribution in [0.1, 0.15) is 6.42 Å². The van der Waals surface area contributed by atoms with E-state index in [9.17, 15) is 37.8 Å². The molecule has 0 saturated carbocycles. The Balaban J connectivity index is -0.000000163. The van der Waals surface area contributed by atoms with Crippen molar-refractivity contribution < 1.29 is 56.0 Å². The summed E-state index contributed by atoms with van der Waals surface area (Å²) in [5, 5.41) is 10.0. The van der Waals surface area contributed by atoms with Gasteiger partial charge in [0.15, 0.2) is 0 Å². The normalized spacial score (nSPS) is 11.6. The number of Topliss-reactive ketones (excluding diaryl/α,β-unsaturated/α-hetero) is 1. The summed E-state index contributed by atoms with van der Waals surface area (Å²) in [6.07, 6.45) is -1.39. The zero-order chi connectivity index (χ0) is 12.4. The van der Waals surface area contributed by atoms with Crippen LogP contribution in [0.5, 0.6) is 0 Å². The lowest BCUT2D eigenvalue weighted by Crippen LogP contribution is -3.00. The Kier molecular flexibility index (Phi) is 16.5. The minimum absolute atomic E-state index is 0. The SMILES string of the molecule is [Cl-].[NH3+][C@@H](CC(=O)C(F)(F)P(=O)([O-])[O-])C(=O)[O-].[NH4+].[NH4+].[NH4+]. The number of aliphatic carboxylic acids is 1. The van der Waals surface area contributed by atoms with Crippen molar-refractivity contribution in [3.63, 3.8) is 0 Å². The van der Waals surface area contributed by atoms with E-state index in [0.717, 1.165) is 0 Å². The van der Waals surface area contributed by atoms with E-state index < -0.39 is 37.5 Å². The molecule has 0 aliphatic rings. The Morgan fingerprint density at radius 2 is 1.53 bits per heavy atom. The molecule has 0 aromatic heterocycles. The topological polar surface area (TPSA) is 258 Å². The smallest absolute Gasteiger partial charge is 0.328 e. The van der Waals surface area contributed by atoms with E-state index in [0.29, 0.717) is 0 Å². The Bertz CT molecular complexity index is 340. The van der Waals surface area contributed by atoms with E-state index in [4.69, 9.17) is 0 Å². The van der Waals surface area contributed by atoms with Crippen molar-refractivity contribution in [2.24, 2.45) is 0 Å². The molecule has 0 saturated heterocycles. The number of halogens is 3. The third-order valence-electron chi connectivity index (χ3n) is 1.44. The fraction of sp³-hybridized carbons (Fsp3) is 0.600. The molecule has 1 atom stereocenters. The van der Waals surface area contributed by atoms with Gasteiger partial charge in [-0.3, -0.25) is 4.79 Å². The molecule has 120 valence electrons. The number of carbonyl (C=O) groups excluding carboxylic acids is 2. The first-order valence-corrected chi connectivity index (χ1v) is 5.01. The summed E-state index contributed by atoms with van der Waals surface area (Å²) in [5.74, 6) is -4.20. The lowest BCUT2D eigenvalue weighted by atomic mass is 10.1. The maximum absolute atomic E-state index is 12.5. The van der Waals surface area contributed by atoms with Crippen molar-refractivity contribution in [3.05, 3.63) is 0 Å². The van der Waals surface area contributed by atoms with E-state index in [-0.39, 0.29) is 30.9 Å². The third-order valence-corrected chi connectivity index (χ3v) is 2.38. The fourth-order valence-corrected chi connectivity index (χ4v) is 0.979. The molecule has 0 radical (unpaired) electrons. The van der Waals surface area contributed by atoms with Gasteiger partial charge in [0.05, 0.1) is 12.4 Å². The summed E-state index contributed by atoms with van der Waals surface area (Å²) in [6, 6.07) is -1.84. The molecule has 0 amide bonds. The van der Waals surface area contributed by atoms with Crippen molar-refractivity contribution in [2.45, 2.75) is 18.1 Å². The number of alkyl halides is 2. The van der Waals surface area contributed by atoms with Crippen LogP contribution < -0.4 is 51.5 Å². The van der Waals surface area contributed by atoms with Crippen molar-refractivity contribution in [1.82, 2.24) is 18.5 Å². The Labute approximate surface area is 113 Å². The summed E-state index contributed by atoms with van der Waals surface area (Å²) < 4.78 is 34.9. The Morgan fingerprint density at radius 1 is 1.21 bits per heavy atom. The van der Waals surface area contributed by atoms with E-state index in [1.165, 1.54) is 0 Å². The van der Waals surface area contributed by atoms with Crippen LogP contribution in [0.2, 0.25) is 0 Å². The van der Waals surface area contributed by atoms with Gasteiger partial charge in [-0.1, -0.05) is 0 Å². The van der Waals surface area contributed by atoms with Crippen LogP contribution in [-0.2, 0) is 14.2 Å². The van der Waals surface area contributed by atoms with Crippen molar-refractivity contribution >= 4 is 19.3 Å². The highest BCUT2D eigenvalue weighted by atomic mass is 35.5. The second-order valence-corrected chi connectivity index (χ2v) is 4.24. The maximum atomic E-state index is 12.5. The summed E-state index contributed by atoms with van der Waals surface area (Å²) >= 11 is 0. The molecule has 0 heterocycles. The molecular formula is C5H18ClF2N4O6P. The van der Waals surface area contributed by atoms with Crippen LogP contribution in [0.4, 0.5) is 8.78 Å². The number of carboxylic acids is 1. The minimum atomic E-state index is -6.44. The van der Waals surface area contributed by atoms with Crippen LogP contribution in [-0.4, -0.2) is 23.5 Å². The quantitative estimate of drug-likeness (QED) is 0.355. The second kappa shape index (κ2) is 10.1. The zero-order valence-corrected chi connectivity index (χ0v) is 12.2. The number of carbonyl (C=O) groups is 2. The van der Waals surface area contributed by atoms with E-state index in [1.54, 1.807) is 0 Å². The molecule has 0 aliphatic carbocycles. The first kappa shape index (κ1) is 31.0. The molecule has 0 aliphatic heterocycles. The van der Waals surface area contributed by atoms with Crippen molar-refractivity contribution in [2.75, 3.05) is 0 Å². The van der Waals surface area contributed by atoms with Gasteiger partial charge >= 0.3 is 5.66 Å². The number of quaternary nitrogens is 4. The van der Waals surface area contributed by atoms with Crippen molar-refractivity contribution in [3.8, 4) is 0 Å². The Hall–Kier alpha value is -0.720. The highest BCUT2D eigenvalue weighted by Gasteiger charge is 2.43. The highest BCUT2D eigenvalue weighted by molar-refractivity contribution is 7.51. The molecule has 19 heavy (non-hydrogen) atoms. The molecule has 0 fully saturated rings. The van der Waals surface area contributed by atoms with Gasteiger partial charge in [0, 0.05) is 7.60 Å². The van der Waals surface area contributed by atoms with Gasteiger partial charge in [0.25, 0.3) is 0 Å². The number of rotatable bonds is 5. The largest absolute Gasteiger partial charge is 1.00 e. The highest BCUT2D eigenvalue weighted by Crippen LogP contribution is 2.46. The molecule has 0 bridgehead atoms. The molecule has 14 heteroatoms. The zero-order valence-electron chi connectivity index (χ0n) is 10.5. The van der Waals surface area contributed by atoms with Gasteiger partial charge in [-0.2, -0.15) is 8.78 Å². The van der Waals surface area contributed by atoms with Crippen molar-refractivity contribution in [1.29, 1.82) is 0 Å². The number of carboxylic acid groups (broad SMARTS) is 1. The standard InChI is InChI=1S/C5H8F2NO6P.ClH.3H3N/c6-5(7,15(12,13)14)3(9)1-2(8)4(10)11;;;;/h2H,1,8H2,(H,10,11)(H2,12,13,14);1H;3*1H3/t2-;;;;/m0..../s1. The molecule has 0 spiro atoms. The fourth-order valence-electron chi connectivity index (χ4n) is 0.583. The van der Waals surface area contributed by atoms with E-state index in [2.05, 4.69) is 5.73 Å². The maximum Gasteiger partial charge on any atom is 0.328 e. The minimum Gasteiger partial charge on any atom is -1.00 e. The van der Waals surface area contributed by atoms with E-state index in [1.807, 2.05) is 0 Å². The van der Waals surface area contributed by atoms with Gasteiger partial charge in [-0.15, -0.1) is 0 Å². The molecule has 10 nitrogen and oxygen atoms in total. The number of hydrogen-bond donors (Lipinski definition) is 4. The van der Waals surface area contributed by atoms with Gasteiger partial charge in [0.1, 0.15) is 6.04 Å². The van der Waals surface area contributed by atoms with Crippen LogP contribution >= 0.6 is 7.60 Å². The van der Waals surface area contributed by atoms with Gasteiger partial charge < -0.3 is 60.8 Å². The van der Waals surface area contributed by atoms with Crippen LogP contribution in [0, 0.1) is 0 Å². The third kappa shape index (κ3) is 8.13. The average molecular weight is 335 g/mol. The predicted octanol–water partition coefficient (Wildman–Crippen LogP) is -6.05. The molecule has 0 aromatic carbocycles. The first-order valence-electron chi connectivity index (χ1n) is 3.47.